The van der Waals surface area contributed by atoms with Gasteiger partial charge in [-0.25, -0.2) is 0 Å². The van der Waals surface area contributed by atoms with Gasteiger partial charge in [-0.15, -0.1) is 0 Å². The normalized spacial score (nSPS) is 23.0. The van der Waals surface area contributed by atoms with Gasteiger partial charge in [0, 0.05) is 30.5 Å². The Morgan fingerprint density at radius 3 is 2.88 bits per heavy atom. The second-order valence-corrected chi connectivity index (χ2v) is 6.80. The fourth-order valence-corrected chi connectivity index (χ4v) is 3.96. The van der Waals surface area contributed by atoms with Crippen LogP contribution in [0.5, 0.6) is 5.75 Å². The topological polar surface area (TPSA) is 73.6 Å². The van der Waals surface area contributed by atoms with Crippen molar-refractivity contribution in [3.63, 3.8) is 0 Å². The molecule has 2 aliphatic rings. The molecule has 1 heterocycles. The summed E-state index contributed by atoms with van der Waals surface area (Å²) in [5.74, 6) is 0.326. The van der Waals surface area contributed by atoms with Crippen molar-refractivity contribution in [1.29, 1.82) is 0 Å². The molecular weight excluding hydrogens is 308 g/mol. The van der Waals surface area contributed by atoms with Crippen LogP contribution in [0.15, 0.2) is 18.2 Å². The molecule has 0 aromatic heterocycles. The van der Waals surface area contributed by atoms with Crippen LogP contribution >= 0.6 is 0 Å². The first-order valence-corrected chi connectivity index (χ1v) is 8.94. The van der Waals surface area contributed by atoms with E-state index in [1.165, 1.54) is 25.3 Å². The zero-order valence-corrected chi connectivity index (χ0v) is 14.3. The minimum Gasteiger partial charge on any atom is -0.487 e. The molecule has 0 radical (unpaired) electrons. The van der Waals surface area contributed by atoms with E-state index < -0.39 is 4.92 Å². The molecule has 6 heteroatoms. The molecule has 1 aliphatic carbocycles. The Morgan fingerprint density at radius 1 is 1.38 bits per heavy atom. The molecular formula is C18H26N2O4. The van der Waals surface area contributed by atoms with E-state index in [0.717, 1.165) is 38.0 Å². The first kappa shape index (κ1) is 17.0. The summed E-state index contributed by atoms with van der Waals surface area (Å²) < 4.78 is 11.6. The third-order valence-corrected chi connectivity index (χ3v) is 5.08. The Balaban J connectivity index is 1.70. The number of nitro benzene ring substituents is 1. The molecule has 1 spiro atoms. The average molecular weight is 334 g/mol. The zero-order valence-electron chi connectivity index (χ0n) is 14.3. The second-order valence-electron chi connectivity index (χ2n) is 6.80. The van der Waals surface area contributed by atoms with Crippen molar-refractivity contribution in [2.45, 2.75) is 63.5 Å². The number of nitrogens with one attached hydrogen (secondary N) is 1. The molecule has 1 saturated heterocycles. The predicted octanol–water partition coefficient (Wildman–Crippen LogP) is 4.29. The van der Waals surface area contributed by atoms with Crippen molar-refractivity contribution in [3.8, 4) is 5.75 Å². The molecule has 132 valence electrons. The number of rotatable bonds is 5. The SMILES string of the molecule is CCOc1cc(NC2CCOC3(CCCCC3)C2)ccc1[N+](=O)[O-]. The molecule has 1 atom stereocenters. The van der Waals surface area contributed by atoms with Gasteiger partial charge in [-0.3, -0.25) is 10.1 Å². The summed E-state index contributed by atoms with van der Waals surface area (Å²) in [5.41, 5.74) is 0.928. The minimum absolute atomic E-state index is 0.0122. The number of ether oxygens (including phenoxy) is 2. The van der Waals surface area contributed by atoms with Crippen LogP contribution < -0.4 is 10.1 Å². The van der Waals surface area contributed by atoms with E-state index in [1.54, 1.807) is 12.1 Å². The lowest BCUT2D eigenvalue weighted by Gasteiger charge is -2.44. The van der Waals surface area contributed by atoms with E-state index in [4.69, 9.17) is 9.47 Å². The summed E-state index contributed by atoms with van der Waals surface area (Å²) in [6.45, 7) is 3.02. The number of nitrogens with zero attached hydrogens (tertiary/aromatic N) is 1. The predicted molar refractivity (Wildman–Crippen MR) is 92.7 cm³/mol. The van der Waals surface area contributed by atoms with Crippen LogP contribution in [0, 0.1) is 10.1 Å². The van der Waals surface area contributed by atoms with Crippen molar-refractivity contribution in [1.82, 2.24) is 0 Å². The molecule has 1 aromatic carbocycles. The van der Waals surface area contributed by atoms with Crippen molar-refractivity contribution >= 4 is 11.4 Å². The lowest BCUT2D eigenvalue weighted by atomic mass is 9.78. The molecule has 0 bridgehead atoms. The molecule has 1 saturated carbocycles. The van der Waals surface area contributed by atoms with Crippen LogP contribution in [-0.2, 0) is 4.74 Å². The quantitative estimate of drug-likeness (QED) is 0.642. The van der Waals surface area contributed by atoms with Crippen LogP contribution in [0.3, 0.4) is 0 Å². The molecule has 1 unspecified atom stereocenters. The summed E-state index contributed by atoms with van der Waals surface area (Å²) in [6.07, 6.45) is 8.07. The first-order chi connectivity index (χ1) is 11.6. The van der Waals surface area contributed by atoms with Gasteiger partial charge >= 0.3 is 5.69 Å². The van der Waals surface area contributed by atoms with Gasteiger partial charge in [0.15, 0.2) is 5.75 Å². The van der Waals surface area contributed by atoms with E-state index >= 15 is 0 Å². The largest absolute Gasteiger partial charge is 0.487 e. The van der Waals surface area contributed by atoms with E-state index in [0.29, 0.717) is 18.4 Å². The highest BCUT2D eigenvalue weighted by atomic mass is 16.6. The van der Waals surface area contributed by atoms with Crippen LogP contribution in [0.2, 0.25) is 0 Å². The molecule has 0 amide bonds. The average Bonchev–Trinajstić information content (AvgIpc) is 2.56. The molecule has 24 heavy (non-hydrogen) atoms. The van der Waals surface area contributed by atoms with Gasteiger partial charge in [0.1, 0.15) is 0 Å². The van der Waals surface area contributed by atoms with Crippen molar-refractivity contribution in [2.24, 2.45) is 0 Å². The Morgan fingerprint density at radius 2 is 2.17 bits per heavy atom. The second kappa shape index (κ2) is 7.38. The summed E-state index contributed by atoms with van der Waals surface area (Å²) in [6, 6.07) is 5.37. The van der Waals surface area contributed by atoms with E-state index in [2.05, 4.69) is 5.32 Å². The van der Waals surface area contributed by atoms with Gasteiger partial charge in [-0.05, 0) is 38.7 Å². The van der Waals surface area contributed by atoms with Gasteiger partial charge < -0.3 is 14.8 Å². The van der Waals surface area contributed by atoms with Crippen LogP contribution in [0.25, 0.3) is 0 Å². The fraction of sp³-hybridized carbons (Fsp3) is 0.667. The zero-order chi connectivity index (χ0) is 17.0. The van der Waals surface area contributed by atoms with E-state index in [1.807, 2.05) is 6.92 Å². The van der Waals surface area contributed by atoms with Crippen molar-refractivity contribution < 1.29 is 14.4 Å². The van der Waals surface area contributed by atoms with E-state index in [9.17, 15) is 10.1 Å². The fourth-order valence-electron chi connectivity index (χ4n) is 3.96. The van der Waals surface area contributed by atoms with Gasteiger partial charge in [0.25, 0.3) is 0 Å². The third-order valence-electron chi connectivity index (χ3n) is 5.08. The summed E-state index contributed by atoms with van der Waals surface area (Å²) >= 11 is 0. The Kier molecular flexibility index (Phi) is 5.23. The standard InChI is InChI=1S/C18H26N2O4/c1-2-23-17-12-14(6-7-16(17)20(21)22)19-15-8-11-24-18(13-15)9-4-3-5-10-18/h6-7,12,15,19H,2-5,8-11,13H2,1H3. The van der Waals surface area contributed by atoms with Crippen LogP contribution in [0.1, 0.15) is 51.9 Å². The number of anilines is 1. The van der Waals surface area contributed by atoms with Gasteiger partial charge in [0.05, 0.1) is 17.1 Å². The van der Waals surface area contributed by atoms with E-state index in [-0.39, 0.29) is 11.3 Å². The Hall–Kier alpha value is -1.82. The van der Waals surface area contributed by atoms with Gasteiger partial charge in [-0.2, -0.15) is 0 Å². The molecule has 3 rings (SSSR count). The Labute approximate surface area is 142 Å². The number of nitro groups is 1. The minimum atomic E-state index is -0.403. The maximum absolute atomic E-state index is 11.1. The third kappa shape index (κ3) is 3.80. The smallest absolute Gasteiger partial charge is 0.311 e. The number of hydrogen-bond donors (Lipinski definition) is 1. The van der Waals surface area contributed by atoms with Gasteiger partial charge in [-0.1, -0.05) is 19.3 Å². The molecule has 1 aromatic rings. The monoisotopic (exact) mass is 334 g/mol. The lowest BCUT2D eigenvalue weighted by molar-refractivity contribution is -0.385. The number of hydrogen-bond acceptors (Lipinski definition) is 5. The summed E-state index contributed by atoms with van der Waals surface area (Å²) in [7, 11) is 0. The molecule has 1 aliphatic heterocycles. The number of benzene rings is 1. The van der Waals surface area contributed by atoms with Crippen molar-refractivity contribution in [2.75, 3.05) is 18.5 Å². The molecule has 1 N–H and O–H groups in total. The van der Waals surface area contributed by atoms with Crippen LogP contribution in [-0.4, -0.2) is 29.8 Å². The lowest BCUT2D eigenvalue weighted by Crippen LogP contribution is -2.45. The highest BCUT2D eigenvalue weighted by molar-refractivity contribution is 5.58. The van der Waals surface area contributed by atoms with Crippen molar-refractivity contribution in [3.05, 3.63) is 28.3 Å². The first-order valence-electron chi connectivity index (χ1n) is 8.94. The Bertz CT molecular complexity index is 579. The highest BCUT2D eigenvalue weighted by Gasteiger charge is 2.38. The maximum Gasteiger partial charge on any atom is 0.311 e. The molecule has 6 nitrogen and oxygen atoms in total. The maximum atomic E-state index is 11.1. The molecule has 2 fully saturated rings. The van der Waals surface area contributed by atoms with Crippen LogP contribution in [0.4, 0.5) is 11.4 Å². The summed E-state index contributed by atoms with van der Waals surface area (Å²) in [4.78, 5) is 10.7. The highest BCUT2D eigenvalue weighted by Crippen LogP contribution is 2.39. The summed E-state index contributed by atoms with van der Waals surface area (Å²) in [5, 5.41) is 14.6. The van der Waals surface area contributed by atoms with Gasteiger partial charge in [0.2, 0.25) is 0 Å².